The summed E-state index contributed by atoms with van der Waals surface area (Å²) >= 11 is 7.87. The third kappa shape index (κ3) is 7.27. The second kappa shape index (κ2) is 13.4. The Hall–Kier alpha value is -3.39. The van der Waals surface area contributed by atoms with Crippen molar-refractivity contribution in [3.63, 3.8) is 0 Å². The van der Waals surface area contributed by atoms with E-state index in [-0.39, 0.29) is 36.2 Å². The molecule has 0 saturated carbocycles. The molecule has 3 aliphatic rings. The van der Waals surface area contributed by atoms with Gasteiger partial charge in [0.25, 0.3) is 0 Å². The number of benzene rings is 1. The first-order valence-corrected chi connectivity index (χ1v) is 16.4. The molecule has 5 rings (SSSR count). The lowest BCUT2D eigenvalue weighted by Gasteiger charge is -2.37. The molecule has 3 atom stereocenters. The van der Waals surface area contributed by atoms with Crippen molar-refractivity contribution >= 4 is 46.6 Å². The molecule has 3 aliphatic heterocycles. The summed E-state index contributed by atoms with van der Waals surface area (Å²) in [5.74, 6) is -1.29. The van der Waals surface area contributed by atoms with Crippen molar-refractivity contribution < 1.29 is 33.0 Å². The highest BCUT2D eigenvalue weighted by Crippen LogP contribution is 2.38. The molecule has 2 fully saturated rings. The largest absolute Gasteiger partial charge is 0.463 e. The van der Waals surface area contributed by atoms with Gasteiger partial charge in [0.15, 0.2) is 10.8 Å². The van der Waals surface area contributed by atoms with Gasteiger partial charge in [-0.3, -0.25) is 19.5 Å². The Kier molecular flexibility index (Phi) is 9.88. The van der Waals surface area contributed by atoms with Gasteiger partial charge < -0.3 is 24.4 Å². The van der Waals surface area contributed by atoms with E-state index in [0.717, 1.165) is 0 Å². The van der Waals surface area contributed by atoms with Crippen LogP contribution in [0.2, 0.25) is 5.02 Å². The number of carbonyl (C=O) groups excluding carboxylic acids is 3. The van der Waals surface area contributed by atoms with Crippen molar-refractivity contribution in [2.75, 3.05) is 39.4 Å². The van der Waals surface area contributed by atoms with Gasteiger partial charge in [-0.05, 0) is 53.7 Å². The Morgan fingerprint density at radius 1 is 1.24 bits per heavy atom. The average molecular weight is 676 g/mol. The number of nitrogens with zero attached hydrogens (tertiary/aromatic N) is 4. The first-order valence-electron chi connectivity index (χ1n) is 15.2. The van der Waals surface area contributed by atoms with Crippen molar-refractivity contribution in [2.24, 2.45) is 10.4 Å². The van der Waals surface area contributed by atoms with Gasteiger partial charge >= 0.3 is 11.9 Å². The molecule has 0 spiro atoms. The molecule has 248 valence electrons. The normalized spacial score (nSPS) is 22.3. The van der Waals surface area contributed by atoms with E-state index < -0.39 is 47.0 Å². The van der Waals surface area contributed by atoms with Gasteiger partial charge in [0.2, 0.25) is 5.91 Å². The number of amidine groups is 1. The highest BCUT2D eigenvalue weighted by Gasteiger charge is 2.49. The lowest BCUT2D eigenvalue weighted by Crippen LogP contribution is -2.54. The van der Waals surface area contributed by atoms with E-state index in [0.29, 0.717) is 41.8 Å². The van der Waals surface area contributed by atoms with E-state index in [1.807, 2.05) is 4.90 Å². The molecule has 11 nitrogen and oxygen atoms in total. The molecule has 0 bridgehead atoms. The molecule has 2 aromatic rings. The molecule has 4 heterocycles. The number of carbonyl (C=O) groups is 3. The first kappa shape index (κ1) is 34.0. The van der Waals surface area contributed by atoms with E-state index in [1.54, 1.807) is 58.0 Å². The number of rotatable bonds is 9. The fourth-order valence-electron chi connectivity index (χ4n) is 5.80. The van der Waals surface area contributed by atoms with Gasteiger partial charge in [0.05, 0.1) is 30.3 Å². The van der Waals surface area contributed by atoms with Crippen molar-refractivity contribution in [1.82, 2.24) is 20.1 Å². The Balaban J connectivity index is 1.48. The van der Waals surface area contributed by atoms with Crippen LogP contribution >= 0.6 is 22.9 Å². The molecule has 1 aromatic carbocycles. The van der Waals surface area contributed by atoms with Crippen LogP contribution in [-0.4, -0.2) is 95.6 Å². The predicted molar refractivity (Wildman–Crippen MR) is 171 cm³/mol. The van der Waals surface area contributed by atoms with E-state index >= 15 is 0 Å². The summed E-state index contributed by atoms with van der Waals surface area (Å²) in [5.41, 5.74) is -0.526. The number of nitrogens with one attached hydrogen (secondary N) is 1. The third-order valence-corrected chi connectivity index (χ3v) is 8.94. The van der Waals surface area contributed by atoms with Crippen molar-refractivity contribution in [3.8, 4) is 0 Å². The van der Waals surface area contributed by atoms with Crippen LogP contribution in [0.3, 0.4) is 0 Å². The van der Waals surface area contributed by atoms with Crippen LogP contribution in [0, 0.1) is 11.2 Å². The average Bonchev–Trinajstić information content (AvgIpc) is 3.61. The topological polar surface area (TPSA) is 123 Å². The minimum atomic E-state index is -0.952. The molecule has 1 N–H and O–H groups in total. The summed E-state index contributed by atoms with van der Waals surface area (Å²) in [5, 5.41) is 5.79. The number of amides is 1. The summed E-state index contributed by atoms with van der Waals surface area (Å²) in [7, 11) is 0. The summed E-state index contributed by atoms with van der Waals surface area (Å²) in [6.07, 6.45) is 1.20. The minimum absolute atomic E-state index is 0.107. The predicted octanol–water partition coefficient (Wildman–Crippen LogP) is 4.12. The molecule has 46 heavy (non-hydrogen) atoms. The highest BCUT2D eigenvalue weighted by atomic mass is 35.5. The van der Waals surface area contributed by atoms with Crippen LogP contribution in [0.5, 0.6) is 0 Å². The lowest BCUT2D eigenvalue weighted by molar-refractivity contribution is -0.167. The Morgan fingerprint density at radius 2 is 2.00 bits per heavy atom. The second-order valence-corrected chi connectivity index (χ2v) is 14.4. The maximum atomic E-state index is 14.1. The number of fused-ring (bicyclic) bond motifs is 1. The van der Waals surface area contributed by atoms with Gasteiger partial charge in [-0.1, -0.05) is 17.7 Å². The molecular formula is C32H39ClFN5O6S. The van der Waals surface area contributed by atoms with Gasteiger partial charge in [0, 0.05) is 54.0 Å². The van der Waals surface area contributed by atoms with Crippen LogP contribution in [0.15, 0.2) is 46.0 Å². The number of ether oxygens (including phenoxy) is 3. The summed E-state index contributed by atoms with van der Waals surface area (Å²) in [4.78, 5) is 53.3. The second-order valence-electron chi connectivity index (χ2n) is 13.1. The number of morpholine rings is 1. The van der Waals surface area contributed by atoms with Crippen LogP contribution in [0.1, 0.15) is 58.2 Å². The van der Waals surface area contributed by atoms with Gasteiger partial charge in [0.1, 0.15) is 23.5 Å². The summed E-state index contributed by atoms with van der Waals surface area (Å²) < 4.78 is 31.2. The smallest absolute Gasteiger partial charge is 0.338 e. The highest BCUT2D eigenvalue weighted by molar-refractivity contribution is 7.11. The minimum Gasteiger partial charge on any atom is -0.463 e. The maximum Gasteiger partial charge on any atom is 0.338 e. The number of aliphatic imine (C=N–C) groups is 1. The fourth-order valence-corrected chi connectivity index (χ4v) is 6.65. The zero-order valence-corrected chi connectivity index (χ0v) is 28.3. The molecule has 1 aromatic heterocycles. The third-order valence-electron chi connectivity index (χ3n) is 7.83. The quantitative estimate of drug-likeness (QED) is 0.391. The SMILES string of the molecule is CCOC(=O)C1=C(CN2CCO[C@H]3CN(CC(C)(C)C(=O)OC(C)(C)C)C(=O)[C@H]32)NC(c2nccs2)=N[C@H]1c1ccc(F)cc1Cl. The van der Waals surface area contributed by atoms with E-state index in [4.69, 9.17) is 30.8 Å². The number of likely N-dealkylation sites (tertiary alicyclic amines) is 1. The number of hydrogen-bond acceptors (Lipinski definition) is 11. The number of hydrogen-bond donors (Lipinski definition) is 1. The van der Waals surface area contributed by atoms with Crippen LogP contribution < -0.4 is 5.32 Å². The van der Waals surface area contributed by atoms with Gasteiger partial charge in [-0.2, -0.15) is 0 Å². The Labute approximate surface area is 276 Å². The van der Waals surface area contributed by atoms with Crippen LogP contribution in [0.4, 0.5) is 4.39 Å². The van der Waals surface area contributed by atoms with E-state index in [2.05, 4.69) is 10.3 Å². The van der Waals surface area contributed by atoms with E-state index in [9.17, 15) is 18.8 Å². The standard InChI is InChI=1S/C32H39ClFN5O6S/c1-7-43-29(41)23-21(36-26(27-35-10-13-46-27)37-24(23)19-9-8-18(34)14-20(19)33)15-38-11-12-44-22-16-39(28(40)25(22)38)17-32(5,6)30(42)45-31(2,3)4/h8-10,13-14,22,24-25H,7,11-12,15-17H2,1-6H3,(H,36,37)/t22-,24-,25-/m0/s1. The number of esters is 2. The van der Waals surface area contributed by atoms with E-state index in [1.165, 1.54) is 29.5 Å². The monoisotopic (exact) mass is 675 g/mol. The van der Waals surface area contributed by atoms with Gasteiger partial charge in [-0.25, -0.2) is 14.2 Å². The summed E-state index contributed by atoms with van der Waals surface area (Å²) in [6, 6.07) is 2.36. The number of thiazole rings is 1. The molecular weight excluding hydrogens is 637 g/mol. The van der Waals surface area contributed by atoms with Crippen molar-refractivity contribution in [3.05, 3.63) is 62.5 Å². The van der Waals surface area contributed by atoms with Crippen LogP contribution in [-0.2, 0) is 28.6 Å². The lowest BCUT2D eigenvalue weighted by atomic mass is 9.92. The Morgan fingerprint density at radius 3 is 2.65 bits per heavy atom. The number of aromatic nitrogens is 1. The van der Waals surface area contributed by atoms with Gasteiger partial charge in [-0.15, -0.1) is 11.3 Å². The summed E-state index contributed by atoms with van der Waals surface area (Å²) in [6.45, 7) is 12.1. The van der Waals surface area contributed by atoms with Crippen molar-refractivity contribution in [2.45, 2.75) is 65.3 Å². The number of halogens is 2. The van der Waals surface area contributed by atoms with Crippen LogP contribution in [0.25, 0.3) is 0 Å². The molecule has 2 saturated heterocycles. The molecule has 0 aliphatic carbocycles. The fraction of sp³-hybridized carbons (Fsp3) is 0.531. The zero-order chi connectivity index (χ0) is 33.4. The molecule has 0 unspecified atom stereocenters. The molecule has 0 radical (unpaired) electrons. The molecule has 14 heteroatoms. The first-order chi connectivity index (χ1) is 21.7. The molecule has 1 amide bonds. The zero-order valence-electron chi connectivity index (χ0n) is 26.8. The maximum absolute atomic E-state index is 14.1. The Bertz CT molecular complexity index is 1560. The van der Waals surface area contributed by atoms with Crippen molar-refractivity contribution in [1.29, 1.82) is 0 Å².